The van der Waals surface area contributed by atoms with E-state index in [9.17, 15) is 4.79 Å². The van der Waals surface area contributed by atoms with Crippen molar-refractivity contribution in [1.29, 1.82) is 0 Å². The normalized spacial score (nSPS) is 11.9. The van der Waals surface area contributed by atoms with Crippen molar-refractivity contribution in [2.45, 2.75) is 91.2 Å². The van der Waals surface area contributed by atoms with Gasteiger partial charge in [0, 0.05) is 28.9 Å². The van der Waals surface area contributed by atoms with Crippen molar-refractivity contribution in [2.24, 2.45) is 0 Å². The van der Waals surface area contributed by atoms with Crippen LogP contribution in [0.25, 0.3) is 21.8 Å². The number of fused-ring (bicyclic) bond motifs is 3. The topological polar surface area (TPSA) is 40.5 Å². The number of hydrogen-bond donors (Lipinski definition) is 0. The molecule has 0 saturated carbocycles. The fraction of sp³-hybridized carbons (Fsp3) is 0.536. The second-order valence-electron chi connectivity index (χ2n) is 9.70. The third kappa shape index (κ3) is 6.75. The SMILES string of the molecule is CCCCCCCCCCn1c2ccccc2c2ccc(OCC(=O)OC(C)(C)C)cc21. The van der Waals surface area contributed by atoms with Crippen LogP contribution in [0.15, 0.2) is 42.5 Å². The van der Waals surface area contributed by atoms with Crippen LogP contribution in [0.2, 0.25) is 0 Å². The molecule has 0 spiro atoms. The maximum Gasteiger partial charge on any atom is 0.344 e. The Morgan fingerprint density at radius 3 is 2.22 bits per heavy atom. The first-order valence-corrected chi connectivity index (χ1v) is 12.2. The molecule has 3 aromatic rings. The summed E-state index contributed by atoms with van der Waals surface area (Å²) >= 11 is 0. The van der Waals surface area contributed by atoms with Crippen molar-refractivity contribution in [2.75, 3.05) is 6.61 Å². The van der Waals surface area contributed by atoms with Crippen LogP contribution in [-0.4, -0.2) is 22.7 Å². The molecule has 1 heterocycles. The van der Waals surface area contributed by atoms with Gasteiger partial charge in [-0.1, -0.05) is 70.1 Å². The van der Waals surface area contributed by atoms with Crippen molar-refractivity contribution in [3.05, 3.63) is 42.5 Å². The van der Waals surface area contributed by atoms with E-state index < -0.39 is 5.60 Å². The van der Waals surface area contributed by atoms with Gasteiger partial charge >= 0.3 is 5.97 Å². The van der Waals surface area contributed by atoms with Crippen LogP contribution in [0, 0.1) is 0 Å². The van der Waals surface area contributed by atoms with Crippen molar-refractivity contribution >= 4 is 27.8 Å². The average Bonchev–Trinajstić information content (AvgIpc) is 3.06. The molecular weight excluding hydrogens is 398 g/mol. The molecule has 4 heteroatoms. The van der Waals surface area contributed by atoms with Crippen LogP contribution in [0.4, 0.5) is 0 Å². The second-order valence-corrected chi connectivity index (χ2v) is 9.70. The monoisotopic (exact) mass is 437 g/mol. The number of hydrogen-bond acceptors (Lipinski definition) is 3. The lowest BCUT2D eigenvalue weighted by molar-refractivity contribution is -0.157. The fourth-order valence-electron chi connectivity index (χ4n) is 4.28. The minimum atomic E-state index is -0.507. The first-order valence-electron chi connectivity index (χ1n) is 12.2. The molecule has 2 aromatic carbocycles. The van der Waals surface area contributed by atoms with Crippen LogP contribution in [-0.2, 0) is 16.1 Å². The lowest BCUT2D eigenvalue weighted by Gasteiger charge is -2.19. The molecule has 4 nitrogen and oxygen atoms in total. The Bertz CT molecular complexity index is 1010. The Balaban J connectivity index is 1.68. The van der Waals surface area contributed by atoms with Crippen LogP contribution in [0.1, 0.15) is 79.1 Å². The molecule has 3 rings (SSSR count). The minimum absolute atomic E-state index is 0.0823. The summed E-state index contributed by atoms with van der Waals surface area (Å²) in [6, 6.07) is 14.7. The summed E-state index contributed by atoms with van der Waals surface area (Å²) in [7, 11) is 0. The Morgan fingerprint density at radius 1 is 0.844 bits per heavy atom. The third-order valence-electron chi connectivity index (χ3n) is 5.76. The molecule has 1 aromatic heterocycles. The molecule has 0 aliphatic heterocycles. The highest BCUT2D eigenvalue weighted by molar-refractivity contribution is 6.08. The fourth-order valence-corrected chi connectivity index (χ4v) is 4.28. The summed E-state index contributed by atoms with van der Waals surface area (Å²) in [5.74, 6) is 0.348. The van der Waals surface area contributed by atoms with Crippen LogP contribution in [0.3, 0.4) is 0 Å². The predicted molar refractivity (Wildman–Crippen MR) is 133 cm³/mol. The molecule has 0 unspecified atom stereocenters. The Hall–Kier alpha value is -2.49. The van der Waals surface area contributed by atoms with E-state index in [1.165, 1.54) is 67.7 Å². The number of ether oxygens (including phenoxy) is 2. The molecule has 0 aliphatic rings. The van der Waals surface area contributed by atoms with Crippen LogP contribution < -0.4 is 4.74 Å². The van der Waals surface area contributed by atoms with E-state index in [2.05, 4.69) is 47.9 Å². The quantitative estimate of drug-likeness (QED) is 0.216. The van der Waals surface area contributed by atoms with E-state index >= 15 is 0 Å². The van der Waals surface area contributed by atoms with Crippen molar-refractivity contribution in [3.63, 3.8) is 0 Å². The maximum atomic E-state index is 12.0. The number of rotatable bonds is 12. The second kappa shape index (κ2) is 11.4. The zero-order chi connectivity index (χ0) is 23.0. The first kappa shape index (κ1) is 24.2. The van der Waals surface area contributed by atoms with Gasteiger partial charge in [-0.15, -0.1) is 0 Å². The summed E-state index contributed by atoms with van der Waals surface area (Å²) in [5, 5.41) is 2.49. The van der Waals surface area contributed by atoms with Gasteiger partial charge in [0.1, 0.15) is 11.4 Å². The molecule has 0 aliphatic carbocycles. The third-order valence-corrected chi connectivity index (χ3v) is 5.76. The van der Waals surface area contributed by atoms with E-state index in [-0.39, 0.29) is 12.6 Å². The lowest BCUT2D eigenvalue weighted by atomic mass is 10.1. The van der Waals surface area contributed by atoms with Gasteiger partial charge in [0.05, 0.1) is 5.52 Å². The highest BCUT2D eigenvalue weighted by Gasteiger charge is 2.17. The number of nitrogens with zero attached hydrogens (tertiary/aromatic N) is 1. The highest BCUT2D eigenvalue weighted by Crippen LogP contribution is 2.32. The van der Waals surface area contributed by atoms with Crippen molar-refractivity contribution in [1.82, 2.24) is 4.57 Å². The highest BCUT2D eigenvalue weighted by atomic mass is 16.6. The molecule has 0 N–H and O–H groups in total. The number of aromatic nitrogens is 1. The first-order chi connectivity index (χ1) is 15.4. The molecule has 0 fully saturated rings. The number of aryl methyl sites for hydroxylation is 1. The molecule has 0 saturated heterocycles. The van der Waals surface area contributed by atoms with E-state index in [0.29, 0.717) is 5.75 Å². The lowest BCUT2D eigenvalue weighted by Crippen LogP contribution is -2.27. The van der Waals surface area contributed by atoms with E-state index in [0.717, 1.165) is 12.1 Å². The van der Waals surface area contributed by atoms with E-state index in [1.54, 1.807) is 0 Å². The number of para-hydroxylation sites is 1. The Labute approximate surface area is 192 Å². The van der Waals surface area contributed by atoms with Gasteiger partial charge < -0.3 is 14.0 Å². The van der Waals surface area contributed by atoms with Gasteiger partial charge in [0.25, 0.3) is 0 Å². The number of esters is 1. The van der Waals surface area contributed by atoms with E-state index in [1.807, 2.05) is 26.8 Å². The molecular formula is C28H39NO3. The minimum Gasteiger partial charge on any atom is -0.482 e. The number of unbranched alkanes of at least 4 members (excludes halogenated alkanes) is 7. The van der Waals surface area contributed by atoms with Gasteiger partial charge in [-0.05, 0) is 45.4 Å². The zero-order valence-electron chi connectivity index (χ0n) is 20.3. The standard InChI is InChI=1S/C28H39NO3/c1-5-6-7-8-9-10-11-14-19-29-25-16-13-12-15-23(25)24-18-17-22(20-26(24)29)31-21-27(30)32-28(2,3)4/h12-13,15-18,20H,5-11,14,19,21H2,1-4H3. The van der Waals surface area contributed by atoms with Crippen molar-refractivity contribution in [3.8, 4) is 5.75 Å². The molecule has 0 atom stereocenters. The molecule has 0 radical (unpaired) electrons. The Morgan fingerprint density at radius 2 is 1.50 bits per heavy atom. The summed E-state index contributed by atoms with van der Waals surface area (Å²) in [6.07, 6.45) is 10.5. The predicted octanol–water partition coefficient (Wildman–Crippen LogP) is 7.66. The summed E-state index contributed by atoms with van der Waals surface area (Å²) < 4.78 is 13.5. The molecule has 174 valence electrons. The van der Waals surface area contributed by atoms with Crippen LogP contribution >= 0.6 is 0 Å². The van der Waals surface area contributed by atoms with Gasteiger partial charge in [-0.25, -0.2) is 4.79 Å². The number of carbonyl (C=O) groups excluding carboxylic acids is 1. The van der Waals surface area contributed by atoms with Gasteiger partial charge in [0.15, 0.2) is 6.61 Å². The van der Waals surface area contributed by atoms with E-state index in [4.69, 9.17) is 9.47 Å². The summed E-state index contributed by atoms with van der Waals surface area (Å²) in [5.41, 5.74) is 1.91. The summed E-state index contributed by atoms with van der Waals surface area (Å²) in [4.78, 5) is 12.0. The largest absolute Gasteiger partial charge is 0.482 e. The van der Waals surface area contributed by atoms with Crippen LogP contribution in [0.5, 0.6) is 5.75 Å². The Kier molecular flexibility index (Phi) is 8.60. The van der Waals surface area contributed by atoms with Gasteiger partial charge in [-0.2, -0.15) is 0 Å². The maximum absolute atomic E-state index is 12.0. The smallest absolute Gasteiger partial charge is 0.344 e. The zero-order valence-corrected chi connectivity index (χ0v) is 20.3. The van der Waals surface area contributed by atoms with Gasteiger partial charge in [0.2, 0.25) is 0 Å². The van der Waals surface area contributed by atoms with Crippen molar-refractivity contribution < 1.29 is 14.3 Å². The summed E-state index contributed by atoms with van der Waals surface area (Å²) in [6.45, 7) is 8.76. The van der Waals surface area contributed by atoms with Gasteiger partial charge in [-0.3, -0.25) is 0 Å². The average molecular weight is 438 g/mol. The molecule has 32 heavy (non-hydrogen) atoms. The molecule has 0 bridgehead atoms. The number of benzene rings is 2. The molecule has 0 amide bonds. The number of carbonyl (C=O) groups is 1.